The fourth-order valence-corrected chi connectivity index (χ4v) is 10.3. The predicted molar refractivity (Wildman–Crippen MR) is 173 cm³/mol. The molecule has 6 nitrogen and oxygen atoms in total. The van der Waals surface area contributed by atoms with Gasteiger partial charge in [0.1, 0.15) is 18.0 Å². The molecule has 0 aromatic heterocycles. The van der Waals surface area contributed by atoms with Crippen LogP contribution in [0.5, 0.6) is 5.75 Å². The highest BCUT2D eigenvalue weighted by Crippen LogP contribution is 2.38. The van der Waals surface area contributed by atoms with Gasteiger partial charge in [-0.05, 0) is 53.4 Å². The summed E-state index contributed by atoms with van der Waals surface area (Å²) in [5.74, 6) is 6.01. The third-order valence-electron chi connectivity index (χ3n) is 7.72. The molecular weight excluding hydrogens is 556 g/mol. The number of rotatable bonds is 12. The summed E-state index contributed by atoms with van der Waals surface area (Å²) in [6.07, 6.45) is -0.843. The lowest BCUT2D eigenvalue weighted by Gasteiger charge is -2.43. The Morgan fingerprint density at radius 1 is 0.884 bits per heavy atom. The fourth-order valence-electron chi connectivity index (χ4n) is 5.74. The van der Waals surface area contributed by atoms with Crippen LogP contribution in [0.1, 0.15) is 53.0 Å². The summed E-state index contributed by atoms with van der Waals surface area (Å²) in [6, 6.07) is 28.9. The van der Waals surface area contributed by atoms with E-state index in [0.717, 1.165) is 11.3 Å². The van der Waals surface area contributed by atoms with Crippen molar-refractivity contribution >= 4 is 18.7 Å². The Morgan fingerprint density at radius 3 is 2.05 bits per heavy atom. The van der Waals surface area contributed by atoms with Gasteiger partial charge in [-0.1, -0.05) is 105 Å². The van der Waals surface area contributed by atoms with Crippen molar-refractivity contribution in [1.82, 2.24) is 0 Å². The van der Waals surface area contributed by atoms with Crippen molar-refractivity contribution in [2.75, 3.05) is 20.3 Å². The van der Waals surface area contributed by atoms with Gasteiger partial charge in [-0.25, -0.2) is 0 Å². The summed E-state index contributed by atoms with van der Waals surface area (Å²) >= 11 is 0. The van der Waals surface area contributed by atoms with E-state index in [2.05, 4.69) is 81.1 Å². The maximum absolute atomic E-state index is 11.0. The van der Waals surface area contributed by atoms with Crippen LogP contribution in [0.15, 0.2) is 84.9 Å². The summed E-state index contributed by atoms with van der Waals surface area (Å²) in [5, 5.41) is 13.4. The summed E-state index contributed by atoms with van der Waals surface area (Å²) in [5.41, 5.74) is 1.07. The van der Waals surface area contributed by atoms with Gasteiger partial charge in [0.05, 0.1) is 26.4 Å². The van der Waals surface area contributed by atoms with Crippen LogP contribution in [-0.2, 0) is 25.2 Å². The third kappa shape index (κ3) is 8.36. The molecular formula is C36H46O6Si. The monoisotopic (exact) mass is 602 g/mol. The molecule has 0 spiro atoms. The molecule has 1 N–H and O–H groups in total. The van der Waals surface area contributed by atoms with E-state index in [1.54, 1.807) is 7.11 Å². The average Bonchev–Trinajstić information content (AvgIpc) is 3.31. The second-order valence-electron chi connectivity index (χ2n) is 12.4. The number of aliphatic hydroxyl groups is 1. The molecule has 0 saturated carbocycles. The summed E-state index contributed by atoms with van der Waals surface area (Å²) in [7, 11) is -1.03. The first-order chi connectivity index (χ1) is 20.6. The molecule has 0 aliphatic carbocycles. The zero-order valence-corrected chi connectivity index (χ0v) is 27.3. The smallest absolute Gasteiger partial charge is 0.261 e. The van der Waals surface area contributed by atoms with E-state index in [-0.39, 0.29) is 11.1 Å². The predicted octanol–water partition coefficient (Wildman–Crippen LogP) is 5.45. The van der Waals surface area contributed by atoms with E-state index in [1.807, 2.05) is 50.2 Å². The molecule has 0 bridgehead atoms. The molecule has 1 saturated heterocycles. The highest BCUT2D eigenvalue weighted by molar-refractivity contribution is 6.99. The van der Waals surface area contributed by atoms with Gasteiger partial charge in [0.15, 0.2) is 5.79 Å². The van der Waals surface area contributed by atoms with Gasteiger partial charge in [-0.2, -0.15) is 0 Å². The van der Waals surface area contributed by atoms with Crippen LogP contribution in [0.25, 0.3) is 0 Å². The van der Waals surface area contributed by atoms with Gasteiger partial charge >= 0.3 is 0 Å². The normalized spacial score (nSPS) is 19.0. The average molecular weight is 603 g/mol. The molecule has 0 radical (unpaired) electrons. The molecule has 1 aliphatic rings. The fraction of sp³-hybridized carbons (Fsp3) is 0.444. The first kappa shape index (κ1) is 32.9. The number of hydrogen-bond donors (Lipinski definition) is 1. The lowest BCUT2D eigenvalue weighted by Crippen LogP contribution is -2.66. The zero-order valence-electron chi connectivity index (χ0n) is 26.3. The largest absolute Gasteiger partial charge is 0.497 e. The molecule has 43 heavy (non-hydrogen) atoms. The second kappa shape index (κ2) is 14.7. The Morgan fingerprint density at radius 2 is 1.49 bits per heavy atom. The zero-order chi connectivity index (χ0) is 30.9. The number of aliphatic hydroxyl groups excluding tert-OH is 1. The van der Waals surface area contributed by atoms with Crippen molar-refractivity contribution in [3.05, 3.63) is 90.5 Å². The minimum absolute atomic E-state index is 0.123. The van der Waals surface area contributed by atoms with E-state index < -0.39 is 26.3 Å². The molecule has 0 amide bonds. The Balaban J connectivity index is 1.39. The van der Waals surface area contributed by atoms with Crippen molar-refractivity contribution in [2.24, 2.45) is 0 Å². The van der Waals surface area contributed by atoms with Crippen LogP contribution in [0.2, 0.25) is 5.04 Å². The van der Waals surface area contributed by atoms with Crippen LogP contribution in [0, 0.1) is 11.8 Å². The number of benzene rings is 3. The van der Waals surface area contributed by atoms with E-state index in [1.165, 1.54) is 10.4 Å². The van der Waals surface area contributed by atoms with Crippen LogP contribution < -0.4 is 15.1 Å². The maximum Gasteiger partial charge on any atom is 0.261 e. The minimum atomic E-state index is -2.68. The molecule has 3 aromatic carbocycles. The van der Waals surface area contributed by atoms with E-state index in [0.29, 0.717) is 32.7 Å². The number of methoxy groups -OCH3 is 1. The van der Waals surface area contributed by atoms with Crippen molar-refractivity contribution in [3.8, 4) is 17.6 Å². The SMILES string of the molecule is COc1ccc(COCCC#CC(O)C2OC(C)(C)O[C@H]2CCO[Si](c2ccccc2)(c2ccccc2)C(C)(C)C)cc1. The van der Waals surface area contributed by atoms with Gasteiger partial charge in [-0.15, -0.1) is 0 Å². The van der Waals surface area contributed by atoms with E-state index >= 15 is 0 Å². The van der Waals surface area contributed by atoms with Gasteiger partial charge < -0.3 is 28.5 Å². The Bertz CT molecular complexity index is 1290. The second-order valence-corrected chi connectivity index (χ2v) is 16.7. The third-order valence-corrected chi connectivity index (χ3v) is 12.8. The van der Waals surface area contributed by atoms with E-state index in [9.17, 15) is 5.11 Å². The summed E-state index contributed by atoms with van der Waals surface area (Å²) in [4.78, 5) is 0. The Kier molecular flexibility index (Phi) is 11.2. The number of hydrogen-bond acceptors (Lipinski definition) is 6. The molecule has 1 heterocycles. The van der Waals surface area contributed by atoms with Gasteiger partial charge in [0.25, 0.3) is 8.32 Å². The molecule has 2 unspecified atom stereocenters. The van der Waals surface area contributed by atoms with Crippen LogP contribution in [-0.4, -0.2) is 57.8 Å². The Labute approximate surface area is 258 Å². The first-order valence-electron chi connectivity index (χ1n) is 15.0. The summed E-state index contributed by atoms with van der Waals surface area (Å²) in [6.45, 7) is 12.0. The van der Waals surface area contributed by atoms with Crippen molar-refractivity contribution < 1.29 is 28.5 Å². The van der Waals surface area contributed by atoms with Gasteiger partial charge in [0.2, 0.25) is 0 Å². The van der Waals surface area contributed by atoms with Crippen molar-refractivity contribution in [1.29, 1.82) is 0 Å². The highest BCUT2D eigenvalue weighted by atomic mass is 28.4. The highest BCUT2D eigenvalue weighted by Gasteiger charge is 2.51. The standard InChI is InChI=1S/C36H46O6Si/c1-35(2,3)43(30-15-9-7-10-16-30,31-17-11-8-12-18-31)40-26-24-33-34(42-36(4,5)41-33)32(37)19-13-14-25-39-27-28-20-22-29(38-6)23-21-28/h7-12,15-18,20-23,32-34,37H,14,24-27H2,1-6H3/t32?,33-,34?/m0/s1. The van der Waals surface area contributed by atoms with Gasteiger partial charge in [-0.3, -0.25) is 0 Å². The van der Waals surface area contributed by atoms with Crippen molar-refractivity contribution in [2.45, 2.75) is 83.2 Å². The molecule has 1 aliphatic heterocycles. The van der Waals surface area contributed by atoms with Crippen LogP contribution in [0.4, 0.5) is 0 Å². The molecule has 7 heteroatoms. The maximum atomic E-state index is 11.0. The van der Waals surface area contributed by atoms with Crippen molar-refractivity contribution in [3.63, 3.8) is 0 Å². The number of ether oxygens (including phenoxy) is 4. The first-order valence-corrected chi connectivity index (χ1v) is 16.9. The molecule has 3 atom stereocenters. The molecule has 1 fully saturated rings. The molecule has 230 valence electrons. The topological polar surface area (TPSA) is 66.4 Å². The quantitative estimate of drug-likeness (QED) is 0.169. The van der Waals surface area contributed by atoms with Crippen LogP contribution in [0.3, 0.4) is 0 Å². The molecule has 3 aromatic rings. The van der Waals surface area contributed by atoms with Gasteiger partial charge in [0, 0.05) is 13.0 Å². The molecule has 4 rings (SSSR count). The van der Waals surface area contributed by atoms with Crippen LogP contribution >= 0.6 is 0 Å². The lowest BCUT2D eigenvalue weighted by atomic mass is 10.1. The Hall–Kier alpha value is -2.96. The summed E-state index contributed by atoms with van der Waals surface area (Å²) < 4.78 is 30.4. The van der Waals surface area contributed by atoms with E-state index in [4.69, 9.17) is 23.4 Å². The minimum Gasteiger partial charge on any atom is -0.497 e. The lowest BCUT2D eigenvalue weighted by molar-refractivity contribution is -0.152.